The Hall–Kier alpha value is -2.49. The topological polar surface area (TPSA) is 47.6 Å². The summed E-state index contributed by atoms with van der Waals surface area (Å²) in [4.78, 5) is 12.3. The summed E-state index contributed by atoms with van der Waals surface area (Å²) in [6.45, 7) is 5.24. The van der Waals surface area contributed by atoms with Crippen molar-refractivity contribution in [2.24, 2.45) is 0 Å². The van der Waals surface area contributed by atoms with Crippen LogP contribution in [0.4, 0.5) is 0 Å². The van der Waals surface area contributed by atoms with Gasteiger partial charge in [0.15, 0.2) is 11.5 Å². The first-order chi connectivity index (χ1) is 11.7. The molecule has 0 aromatic heterocycles. The number of hydrogen-bond acceptors (Lipinski definition) is 3. The molecular formula is C20H23NO3. The summed E-state index contributed by atoms with van der Waals surface area (Å²) in [6, 6.07) is 13.9. The lowest BCUT2D eigenvalue weighted by Crippen LogP contribution is -2.28. The van der Waals surface area contributed by atoms with Crippen molar-refractivity contribution in [1.82, 2.24) is 5.32 Å². The maximum Gasteiger partial charge on any atom is 0.224 e. The number of fused-ring (bicyclic) bond motifs is 1. The second-order valence-electron chi connectivity index (χ2n) is 6.04. The highest BCUT2D eigenvalue weighted by Gasteiger charge is 2.16. The molecule has 1 aliphatic rings. The average molecular weight is 325 g/mol. The van der Waals surface area contributed by atoms with Crippen LogP contribution in [-0.4, -0.2) is 19.1 Å². The molecule has 0 radical (unpaired) electrons. The number of ether oxygens (including phenoxy) is 2. The first-order valence-corrected chi connectivity index (χ1v) is 8.42. The van der Waals surface area contributed by atoms with Gasteiger partial charge in [-0.05, 0) is 42.2 Å². The Morgan fingerprint density at radius 2 is 1.71 bits per heavy atom. The highest BCUT2D eigenvalue weighted by Crippen LogP contribution is 2.32. The molecule has 126 valence electrons. The van der Waals surface area contributed by atoms with Crippen LogP contribution in [0.1, 0.15) is 36.6 Å². The number of carbonyl (C=O) groups excluding carboxylic acids is 1. The van der Waals surface area contributed by atoms with Gasteiger partial charge in [0, 0.05) is 0 Å². The Labute approximate surface area is 142 Å². The largest absolute Gasteiger partial charge is 0.486 e. The van der Waals surface area contributed by atoms with Gasteiger partial charge in [-0.25, -0.2) is 0 Å². The molecule has 0 fully saturated rings. The number of amides is 1. The molecule has 1 heterocycles. The summed E-state index contributed by atoms with van der Waals surface area (Å²) in [6.07, 6.45) is 1.40. The number of benzene rings is 2. The van der Waals surface area contributed by atoms with Crippen LogP contribution in [0.3, 0.4) is 0 Å². The van der Waals surface area contributed by atoms with Crippen molar-refractivity contribution in [3.63, 3.8) is 0 Å². The zero-order chi connectivity index (χ0) is 16.9. The van der Waals surface area contributed by atoms with E-state index in [1.807, 2.05) is 37.3 Å². The van der Waals surface area contributed by atoms with E-state index in [1.54, 1.807) is 0 Å². The summed E-state index contributed by atoms with van der Waals surface area (Å²) in [5.41, 5.74) is 3.32. The fourth-order valence-corrected chi connectivity index (χ4v) is 2.78. The highest BCUT2D eigenvalue weighted by molar-refractivity contribution is 5.79. The van der Waals surface area contributed by atoms with Gasteiger partial charge in [0.1, 0.15) is 13.2 Å². The van der Waals surface area contributed by atoms with Crippen LogP contribution in [0, 0.1) is 0 Å². The zero-order valence-electron chi connectivity index (χ0n) is 14.2. The molecule has 0 bridgehead atoms. The van der Waals surface area contributed by atoms with Crippen molar-refractivity contribution in [3.8, 4) is 11.5 Å². The van der Waals surface area contributed by atoms with Crippen molar-refractivity contribution in [3.05, 3.63) is 59.2 Å². The van der Waals surface area contributed by atoms with Gasteiger partial charge in [-0.1, -0.05) is 37.3 Å². The zero-order valence-corrected chi connectivity index (χ0v) is 14.2. The van der Waals surface area contributed by atoms with Crippen molar-refractivity contribution in [2.75, 3.05) is 13.2 Å². The minimum Gasteiger partial charge on any atom is -0.486 e. The second kappa shape index (κ2) is 7.39. The van der Waals surface area contributed by atoms with Gasteiger partial charge < -0.3 is 14.8 Å². The summed E-state index contributed by atoms with van der Waals surface area (Å²) in [5.74, 6) is 1.52. The van der Waals surface area contributed by atoms with Crippen LogP contribution in [0.15, 0.2) is 42.5 Å². The van der Waals surface area contributed by atoms with E-state index < -0.39 is 0 Å². The molecule has 4 heteroatoms. The minimum absolute atomic E-state index is 0.0154. The Morgan fingerprint density at radius 1 is 1.04 bits per heavy atom. The molecule has 1 aliphatic heterocycles. The maximum atomic E-state index is 12.3. The third kappa shape index (κ3) is 3.88. The third-order valence-corrected chi connectivity index (χ3v) is 4.24. The molecule has 0 saturated heterocycles. The normalized spacial score (nSPS) is 14.1. The number of rotatable bonds is 5. The standard InChI is InChI=1S/C20H23NO3/c1-3-15-4-6-16(7-5-15)12-20(22)21-14(2)17-8-9-18-19(13-17)24-11-10-23-18/h4-9,13-14H,3,10-12H2,1-2H3,(H,21,22)/t14-/m1/s1. The molecule has 1 N–H and O–H groups in total. The lowest BCUT2D eigenvalue weighted by Gasteiger charge is -2.21. The summed E-state index contributed by atoms with van der Waals surface area (Å²) in [5, 5.41) is 3.04. The molecule has 24 heavy (non-hydrogen) atoms. The average Bonchev–Trinajstić information content (AvgIpc) is 2.61. The fraction of sp³-hybridized carbons (Fsp3) is 0.350. The Morgan fingerprint density at radius 3 is 2.42 bits per heavy atom. The molecule has 3 rings (SSSR count). The lowest BCUT2D eigenvalue weighted by molar-refractivity contribution is -0.121. The van der Waals surface area contributed by atoms with E-state index in [0.29, 0.717) is 19.6 Å². The molecule has 0 unspecified atom stereocenters. The van der Waals surface area contributed by atoms with E-state index in [1.165, 1.54) is 5.56 Å². The number of nitrogens with one attached hydrogen (secondary N) is 1. The summed E-state index contributed by atoms with van der Waals surface area (Å²) < 4.78 is 11.1. The highest BCUT2D eigenvalue weighted by atomic mass is 16.6. The second-order valence-corrected chi connectivity index (χ2v) is 6.04. The van der Waals surface area contributed by atoms with Gasteiger partial charge in [-0.3, -0.25) is 4.79 Å². The lowest BCUT2D eigenvalue weighted by atomic mass is 10.1. The number of hydrogen-bond donors (Lipinski definition) is 1. The first-order valence-electron chi connectivity index (χ1n) is 8.42. The third-order valence-electron chi connectivity index (χ3n) is 4.24. The Kier molecular flexibility index (Phi) is 5.04. The number of carbonyl (C=O) groups is 1. The van der Waals surface area contributed by atoms with Gasteiger partial charge in [-0.2, -0.15) is 0 Å². The van der Waals surface area contributed by atoms with Gasteiger partial charge >= 0.3 is 0 Å². The van der Waals surface area contributed by atoms with Crippen molar-refractivity contribution in [2.45, 2.75) is 32.7 Å². The molecule has 1 amide bonds. The predicted molar refractivity (Wildman–Crippen MR) is 93.5 cm³/mol. The molecule has 4 nitrogen and oxygen atoms in total. The van der Waals surface area contributed by atoms with E-state index in [0.717, 1.165) is 29.0 Å². The van der Waals surface area contributed by atoms with E-state index in [4.69, 9.17) is 9.47 Å². The van der Waals surface area contributed by atoms with Gasteiger partial charge in [0.05, 0.1) is 12.5 Å². The molecular weight excluding hydrogens is 302 g/mol. The van der Waals surface area contributed by atoms with E-state index >= 15 is 0 Å². The summed E-state index contributed by atoms with van der Waals surface area (Å²) >= 11 is 0. The van der Waals surface area contributed by atoms with Crippen LogP contribution in [-0.2, 0) is 17.6 Å². The van der Waals surface area contributed by atoms with Gasteiger partial charge in [0.2, 0.25) is 5.91 Å². The maximum absolute atomic E-state index is 12.3. The van der Waals surface area contributed by atoms with Crippen LogP contribution >= 0.6 is 0 Å². The summed E-state index contributed by atoms with van der Waals surface area (Å²) in [7, 11) is 0. The fourth-order valence-electron chi connectivity index (χ4n) is 2.78. The predicted octanol–water partition coefficient (Wildman–Crippen LogP) is 3.44. The Bertz CT molecular complexity index is 709. The van der Waals surface area contributed by atoms with E-state index in [9.17, 15) is 4.79 Å². The molecule has 1 atom stereocenters. The SMILES string of the molecule is CCc1ccc(CC(=O)N[C@H](C)c2ccc3c(c2)OCCO3)cc1. The Balaban J connectivity index is 1.61. The molecule has 2 aromatic carbocycles. The smallest absolute Gasteiger partial charge is 0.224 e. The van der Waals surface area contributed by atoms with Gasteiger partial charge in [0.25, 0.3) is 0 Å². The van der Waals surface area contributed by atoms with E-state index in [2.05, 4.69) is 24.4 Å². The quantitative estimate of drug-likeness (QED) is 0.916. The molecule has 0 aliphatic carbocycles. The monoisotopic (exact) mass is 325 g/mol. The van der Waals surface area contributed by atoms with Crippen LogP contribution in [0.2, 0.25) is 0 Å². The molecule has 2 aromatic rings. The van der Waals surface area contributed by atoms with Crippen LogP contribution < -0.4 is 14.8 Å². The first kappa shape index (κ1) is 16.4. The number of aryl methyl sites for hydroxylation is 1. The molecule has 0 spiro atoms. The van der Waals surface area contributed by atoms with Gasteiger partial charge in [-0.15, -0.1) is 0 Å². The van der Waals surface area contributed by atoms with Crippen molar-refractivity contribution < 1.29 is 14.3 Å². The van der Waals surface area contributed by atoms with Crippen molar-refractivity contribution >= 4 is 5.91 Å². The van der Waals surface area contributed by atoms with Crippen LogP contribution in [0.5, 0.6) is 11.5 Å². The molecule has 0 saturated carbocycles. The minimum atomic E-state index is -0.0803. The van der Waals surface area contributed by atoms with E-state index in [-0.39, 0.29) is 11.9 Å². The van der Waals surface area contributed by atoms with Crippen LogP contribution in [0.25, 0.3) is 0 Å². The van der Waals surface area contributed by atoms with Crippen molar-refractivity contribution in [1.29, 1.82) is 0 Å².